The summed E-state index contributed by atoms with van der Waals surface area (Å²) in [5.41, 5.74) is 8.77. The van der Waals surface area contributed by atoms with E-state index in [0.29, 0.717) is 12.1 Å². The van der Waals surface area contributed by atoms with E-state index in [4.69, 9.17) is 5.73 Å². The zero-order valence-electron chi connectivity index (χ0n) is 7.75. The van der Waals surface area contributed by atoms with Gasteiger partial charge < -0.3 is 10.3 Å². The average molecular weight is 164 g/mol. The summed E-state index contributed by atoms with van der Waals surface area (Å²) in [7, 11) is 0. The molecule has 0 bridgehead atoms. The first-order valence-electron chi connectivity index (χ1n) is 4.64. The Hall–Kier alpha value is -0.760. The van der Waals surface area contributed by atoms with Crippen molar-refractivity contribution >= 4 is 0 Å². The first kappa shape index (κ1) is 7.87. The van der Waals surface area contributed by atoms with Crippen LogP contribution in [0.1, 0.15) is 43.5 Å². The van der Waals surface area contributed by atoms with Crippen LogP contribution >= 0.6 is 0 Å². The van der Waals surface area contributed by atoms with Crippen LogP contribution < -0.4 is 5.73 Å². The second-order valence-corrected chi connectivity index (χ2v) is 3.92. The van der Waals surface area contributed by atoms with E-state index >= 15 is 0 Å². The summed E-state index contributed by atoms with van der Waals surface area (Å²) in [4.78, 5) is 0. The van der Waals surface area contributed by atoms with Gasteiger partial charge in [-0.3, -0.25) is 0 Å². The molecule has 0 spiro atoms. The summed E-state index contributed by atoms with van der Waals surface area (Å²) in [6.45, 7) is 4.39. The van der Waals surface area contributed by atoms with Gasteiger partial charge in [-0.15, -0.1) is 0 Å². The highest BCUT2D eigenvalue weighted by Crippen LogP contribution is 2.30. The minimum absolute atomic E-state index is 0.292. The van der Waals surface area contributed by atoms with E-state index in [-0.39, 0.29) is 0 Å². The molecule has 1 atom stereocenters. The third-order valence-electron chi connectivity index (χ3n) is 2.68. The van der Waals surface area contributed by atoms with Crippen LogP contribution in [0.2, 0.25) is 0 Å². The van der Waals surface area contributed by atoms with Crippen LogP contribution in [0.25, 0.3) is 0 Å². The molecule has 66 valence electrons. The van der Waals surface area contributed by atoms with Gasteiger partial charge in [0.2, 0.25) is 0 Å². The Morgan fingerprint density at radius 1 is 1.50 bits per heavy atom. The summed E-state index contributed by atoms with van der Waals surface area (Å²) in [5.74, 6) is 0. The molecule has 2 heteroatoms. The van der Waals surface area contributed by atoms with Crippen molar-refractivity contribution in [3.05, 3.63) is 23.5 Å². The lowest BCUT2D eigenvalue weighted by Gasteiger charge is -2.07. The smallest absolute Gasteiger partial charge is 0.0315 e. The highest BCUT2D eigenvalue weighted by Gasteiger charge is 2.21. The lowest BCUT2D eigenvalue weighted by molar-refractivity contribution is 0.592. The first-order valence-corrected chi connectivity index (χ1v) is 4.64. The van der Waals surface area contributed by atoms with Crippen molar-refractivity contribution in [2.75, 3.05) is 0 Å². The normalized spacial score (nSPS) is 21.8. The number of hydrogen-bond donors (Lipinski definition) is 1. The van der Waals surface area contributed by atoms with E-state index < -0.39 is 0 Å². The molecule has 0 radical (unpaired) electrons. The molecule has 0 saturated carbocycles. The Bertz CT molecular complexity index is 286. The van der Waals surface area contributed by atoms with Crippen molar-refractivity contribution in [2.45, 2.75) is 38.8 Å². The van der Waals surface area contributed by atoms with Gasteiger partial charge in [0.05, 0.1) is 0 Å². The molecule has 1 heterocycles. The highest BCUT2D eigenvalue weighted by molar-refractivity contribution is 5.32. The number of aromatic nitrogens is 1. The van der Waals surface area contributed by atoms with Crippen molar-refractivity contribution < 1.29 is 0 Å². The van der Waals surface area contributed by atoms with E-state index in [1.165, 1.54) is 11.1 Å². The number of aryl methyl sites for hydroxylation is 1. The molecular formula is C10H16N2. The van der Waals surface area contributed by atoms with Gasteiger partial charge in [-0.25, -0.2) is 0 Å². The predicted octanol–water partition coefficient (Wildman–Crippen LogP) is 2.02. The molecule has 2 N–H and O–H groups in total. The Morgan fingerprint density at radius 2 is 2.25 bits per heavy atom. The van der Waals surface area contributed by atoms with Crippen LogP contribution in [0.15, 0.2) is 12.4 Å². The van der Waals surface area contributed by atoms with Gasteiger partial charge in [0.1, 0.15) is 0 Å². The monoisotopic (exact) mass is 164 g/mol. The number of nitrogens with two attached hydrogens (primary N) is 1. The third kappa shape index (κ3) is 1.07. The van der Waals surface area contributed by atoms with Gasteiger partial charge in [-0.1, -0.05) is 0 Å². The fourth-order valence-corrected chi connectivity index (χ4v) is 1.84. The number of fused-ring (bicyclic) bond motifs is 1. The van der Waals surface area contributed by atoms with Gasteiger partial charge in [-0.2, -0.15) is 0 Å². The molecule has 1 aromatic heterocycles. The van der Waals surface area contributed by atoms with Crippen LogP contribution in [0.4, 0.5) is 0 Å². The Kier molecular flexibility index (Phi) is 1.72. The van der Waals surface area contributed by atoms with E-state index in [9.17, 15) is 0 Å². The van der Waals surface area contributed by atoms with Gasteiger partial charge in [0, 0.05) is 24.5 Å². The third-order valence-corrected chi connectivity index (χ3v) is 2.68. The van der Waals surface area contributed by atoms with Crippen molar-refractivity contribution in [3.8, 4) is 0 Å². The molecule has 0 fully saturated rings. The van der Waals surface area contributed by atoms with Crippen LogP contribution in [0.3, 0.4) is 0 Å². The van der Waals surface area contributed by atoms with Crippen molar-refractivity contribution in [3.63, 3.8) is 0 Å². The largest absolute Gasteiger partial charge is 0.351 e. The molecule has 0 amide bonds. The highest BCUT2D eigenvalue weighted by atomic mass is 15.0. The molecule has 0 aromatic carbocycles. The van der Waals surface area contributed by atoms with Crippen molar-refractivity contribution in [1.82, 2.24) is 4.57 Å². The second-order valence-electron chi connectivity index (χ2n) is 3.92. The maximum absolute atomic E-state index is 5.95. The van der Waals surface area contributed by atoms with Crippen molar-refractivity contribution in [1.29, 1.82) is 0 Å². The molecule has 2 nitrogen and oxygen atoms in total. The Balaban J connectivity index is 2.36. The minimum atomic E-state index is 0.292. The molecule has 1 unspecified atom stereocenters. The van der Waals surface area contributed by atoms with Gasteiger partial charge in [-0.05, 0) is 37.8 Å². The van der Waals surface area contributed by atoms with Crippen LogP contribution in [0.5, 0.6) is 0 Å². The van der Waals surface area contributed by atoms with Crippen LogP contribution in [-0.2, 0) is 6.42 Å². The van der Waals surface area contributed by atoms with E-state index in [1.807, 2.05) is 0 Å². The van der Waals surface area contributed by atoms with Crippen LogP contribution in [0, 0.1) is 0 Å². The fourth-order valence-electron chi connectivity index (χ4n) is 1.84. The Labute approximate surface area is 73.4 Å². The van der Waals surface area contributed by atoms with Gasteiger partial charge >= 0.3 is 0 Å². The summed E-state index contributed by atoms with van der Waals surface area (Å²) in [6, 6.07) is 0.850. The molecule has 1 aliphatic carbocycles. The number of rotatable bonds is 1. The average Bonchev–Trinajstić information content (AvgIpc) is 2.53. The number of nitrogens with zero attached hydrogens (tertiary/aromatic N) is 1. The lowest BCUT2D eigenvalue weighted by Crippen LogP contribution is -2.05. The fraction of sp³-hybridized carbons (Fsp3) is 0.600. The van der Waals surface area contributed by atoms with Gasteiger partial charge in [0.25, 0.3) is 0 Å². The van der Waals surface area contributed by atoms with E-state index in [1.54, 1.807) is 0 Å². The van der Waals surface area contributed by atoms with E-state index in [0.717, 1.165) is 12.8 Å². The molecular weight excluding hydrogens is 148 g/mol. The zero-order chi connectivity index (χ0) is 8.72. The minimum Gasteiger partial charge on any atom is -0.351 e. The summed E-state index contributed by atoms with van der Waals surface area (Å²) in [6.07, 6.45) is 6.74. The lowest BCUT2D eigenvalue weighted by atomic mass is 10.2. The van der Waals surface area contributed by atoms with E-state index in [2.05, 4.69) is 30.8 Å². The predicted molar refractivity (Wildman–Crippen MR) is 50.1 cm³/mol. The molecule has 12 heavy (non-hydrogen) atoms. The molecule has 2 rings (SSSR count). The molecule has 0 aliphatic heterocycles. The molecule has 1 aliphatic rings. The molecule has 1 aromatic rings. The van der Waals surface area contributed by atoms with Crippen molar-refractivity contribution in [2.24, 2.45) is 5.73 Å². The first-order chi connectivity index (χ1) is 5.68. The topological polar surface area (TPSA) is 30.9 Å². The maximum Gasteiger partial charge on any atom is 0.0315 e. The maximum atomic E-state index is 5.95. The standard InChI is InChI=1S/C10H16N2/c1-7(2)12-5-8-3-4-10(11)9(8)6-12/h5-7,10H,3-4,11H2,1-2H3. The molecule has 0 saturated heterocycles. The van der Waals surface area contributed by atoms with Crippen LogP contribution in [-0.4, -0.2) is 4.57 Å². The quantitative estimate of drug-likeness (QED) is 0.676. The Morgan fingerprint density at radius 3 is 2.83 bits per heavy atom. The summed E-state index contributed by atoms with van der Waals surface area (Å²) >= 11 is 0. The summed E-state index contributed by atoms with van der Waals surface area (Å²) < 4.78 is 2.25. The second kappa shape index (κ2) is 2.63. The summed E-state index contributed by atoms with van der Waals surface area (Å²) in [5, 5.41) is 0. The van der Waals surface area contributed by atoms with Gasteiger partial charge in [0.15, 0.2) is 0 Å². The zero-order valence-corrected chi connectivity index (χ0v) is 7.75. The SMILES string of the molecule is CC(C)n1cc2c(c1)C(N)CC2. The number of hydrogen-bond acceptors (Lipinski definition) is 1.